The van der Waals surface area contributed by atoms with Gasteiger partial charge in [0.2, 0.25) is 5.91 Å². The van der Waals surface area contributed by atoms with Crippen molar-refractivity contribution in [3.05, 3.63) is 12.2 Å². The highest BCUT2D eigenvalue weighted by Crippen LogP contribution is 2.18. The van der Waals surface area contributed by atoms with Crippen LogP contribution >= 0.6 is 0 Å². The molecule has 2 unspecified atom stereocenters. The van der Waals surface area contributed by atoms with Gasteiger partial charge in [0.1, 0.15) is 12.1 Å². The fourth-order valence-electron chi connectivity index (χ4n) is 5.86. The summed E-state index contributed by atoms with van der Waals surface area (Å²) in [6, 6.07) is -0.860. The first-order valence-electron chi connectivity index (χ1n) is 19.5. The molecule has 0 aliphatic heterocycles. The molecular weight excluding hydrogens is 576 g/mol. The number of aliphatic carboxylic acids is 1. The SMILES string of the molecule is CCCCCCCC/C=C\CCCCCCCCCC(=O)OC(CCCCCC)CCCCCCC(=O)NC(CCCN)C(=O)O. The third-order valence-electron chi connectivity index (χ3n) is 8.83. The van der Waals surface area contributed by atoms with Crippen LogP contribution in [0.1, 0.15) is 200 Å². The minimum Gasteiger partial charge on any atom is -0.480 e. The predicted molar refractivity (Wildman–Crippen MR) is 193 cm³/mol. The maximum absolute atomic E-state index is 12.6. The molecule has 0 saturated carbocycles. The van der Waals surface area contributed by atoms with Crippen molar-refractivity contribution in [3.63, 3.8) is 0 Å². The van der Waals surface area contributed by atoms with Crippen molar-refractivity contribution < 1.29 is 24.2 Å². The average Bonchev–Trinajstić information content (AvgIpc) is 3.04. The number of carboxylic acids is 1. The molecule has 0 aliphatic carbocycles. The summed E-state index contributed by atoms with van der Waals surface area (Å²) in [5.41, 5.74) is 5.46. The number of rotatable bonds is 35. The molecule has 0 aliphatic rings. The van der Waals surface area contributed by atoms with E-state index in [1.807, 2.05) is 0 Å². The van der Waals surface area contributed by atoms with Crippen molar-refractivity contribution in [1.82, 2.24) is 5.32 Å². The standard InChI is InChI=1S/C39H74N2O5/c1-3-5-7-9-10-11-12-13-14-15-16-17-18-19-20-21-27-33-38(43)46-35(29-24-8-6-4-2)30-25-22-23-26-32-37(42)41-36(39(44)45)31-28-34-40/h13-14,35-36H,3-12,15-34,40H2,1-2H3,(H,41,42)(H,44,45)/b14-13-. The molecule has 0 aromatic rings. The van der Waals surface area contributed by atoms with Gasteiger partial charge in [-0.05, 0) is 83.6 Å². The zero-order valence-corrected chi connectivity index (χ0v) is 30.2. The Hall–Kier alpha value is -1.89. The highest BCUT2D eigenvalue weighted by molar-refractivity contribution is 5.83. The van der Waals surface area contributed by atoms with Crippen molar-refractivity contribution in [2.75, 3.05) is 6.54 Å². The van der Waals surface area contributed by atoms with Crippen LogP contribution < -0.4 is 11.1 Å². The Bertz CT molecular complexity index is 742. The summed E-state index contributed by atoms with van der Waals surface area (Å²) in [5, 5.41) is 11.9. The molecule has 0 spiro atoms. The molecule has 0 aromatic heterocycles. The Kier molecular flexibility index (Phi) is 33.0. The van der Waals surface area contributed by atoms with Crippen molar-refractivity contribution in [2.45, 2.75) is 212 Å². The number of nitrogens with two attached hydrogens (primary N) is 1. The lowest BCUT2D eigenvalue weighted by Crippen LogP contribution is -2.40. The lowest BCUT2D eigenvalue weighted by atomic mass is 10.0. The molecule has 0 fully saturated rings. The summed E-state index contributed by atoms with van der Waals surface area (Å²) in [6.45, 7) is 4.88. The molecule has 0 radical (unpaired) electrons. The molecule has 4 N–H and O–H groups in total. The van der Waals surface area contributed by atoms with Gasteiger partial charge in [0.15, 0.2) is 0 Å². The molecule has 0 aromatic carbocycles. The Balaban J connectivity index is 4.00. The Morgan fingerprint density at radius 2 is 1.07 bits per heavy atom. The van der Waals surface area contributed by atoms with Gasteiger partial charge < -0.3 is 20.9 Å². The van der Waals surface area contributed by atoms with Gasteiger partial charge in [0, 0.05) is 12.8 Å². The van der Waals surface area contributed by atoms with Crippen LogP contribution in [0.2, 0.25) is 0 Å². The molecule has 7 nitrogen and oxygen atoms in total. The van der Waals surface area contributed by atoms with Crippen molar-refractivity contribution >= 4 is 17.8 Å². The molecule has 0 bridgehead atoms. The highest BCUT2D eigenvalue weighted by atomic mass is 16.5. The third-order valence-corrected chi connectivity index (χ3v) is 8.83. The van der Waals surface area contributed by atoms with Crippen LogP contribution in [0.3, 0.4) is 0 Å². The maximum atomic E-state index is 12.6. The second-order valence-electron chi connectivity index (χ2n) is 13.3. The summed E-state index contributed by atoms with van der Waals surface area (Å²) in [4.78, 5) is 36.1. The molecule has 270 valence electrons. The van der Waals surface area contributed by atoms with Crippen molar-refractivity contribution in [1.29, 1.82) is 0 Å². The van der Waals surface area contributed by atoms with E-state index < -0.39 is 12.0 Å². The number of hydrogen-bond acceptors (Lipinski definition) is 5. The van der Waals surface area contributed by atoms with Gasteiger partial charge in [-0.2, -0.15) is 0 Å². The largest absolute Gasteiger partial charge is 0.480 e. The first-order chi connectivity index (χ1) is 22.4. The lowest BCUT2D eigenvalue weighted by molar-refractivity contribution is -0.150. The Labute approximate surface area is 283 Å². The van der Waals surface area contributed by atoms with Gasteiger partial charge in [0.05, 0.1) is 0 Å². The van der Waals surface area contributed by atoms with E-state index in [1.165, 1.54) is 103 Å². The number of hydrogen-bond donors (Lipinski definition) is 3. The van der Waals surface area contributed by atoms with Crippen molar-refractivity contribution in [2.24, 2.45) is 5.73 Å². The molecular formula is C39H74N2O5. The number of allylic oxidation sites excluding steroid dienone is 2. The minimum atomic E-state index is -1.01. The van der Waals surface area contributed by atoms with Crippen LogP contribution in [-0.4, -0.2) is 41.6 Å². The molecule has 0 heterocycles. The van der Waals surface area contributed by atoms with E-state index in [2.05, 4.69) is 31.3 Å². The average molecular weight is 651 g/mol. The van der Waals surface area contributed by atoms with Crippen LogP contribution in [0, 0.1) is 0 Å². The van der Waals surface area contributed by atoms with Crippen LogP contribution in [0.25, 0.3) is 0 Å². The van der Waals surface area contributed by atoms with E-state index in [-0.39, 0.29) is 18.0 Å². The number of unbranched alkanes of at least 4 members (excludes halogenated alkanes) is 19. The molecule has 1 amide bonds. The van der Waals surface area contributed by atoms with E-state index in [4.69, 9.17) is 10.5 Å². The van der Waals surface area contributed by atoms with Gasteiger partial charge >= 0.3 is 11.9 Å². The molecule has 0 rings (SSSR count). The third kappa shape index (κ3) is 30.7. The van der Waals surface area contributed by atoms with Crippen LogP contribution in [0.15, 0.2) is 12.2 Å². The van der Waals surface area contributed by atoms with E-state index in [9.17, 15) is 19.5 Å². The summed E-state index contributed by atoms with van der Waals surface area (Å²) >= 11 is 0. The predicted octanol–water partition coefficient (Wildman–Crippen LogP) is 10.3. The number of ether oxygens (including phenoxy) is 1. The normalized spacial score (nSPS) is 12.8. The highest BCUT2D eigenvalue weighted by Gasteiger charge is 2.19. The van der Waals surface area contributed by atoms with Gasteiger partial charge in [-0.1, -0.05) is 122 Å². The van der Waals surface area contributed by atoms with E-state index >= 15 is 0 Å². The van der Waals surface area contributed by atoms with Crippen LogP contribution in [0.5, 0.6) is 0 Å². The fourth-order valence-corrected chi connectivity index (χ4v) is 5.86. The molecule has 46 heavy (non-hydrogen) atoms. The smallest absolute Gasteiger partial charge is 0.326 e. The van der Waals surface area contributed by atoms with Gasteiger partial charge in [0.25, 0.3) is 0 Å². The summed E-state index contributed by atoms with van der Waals surface area (Å²) in [5.74, 6) is -1.27. The summed E-state index contributed by atoms with van der Waals surface area (Å²) in [7, 11) is 0. The number of carboxylic acid groups (broad SMARTS) is 1. The molecule has 0 saturated heterocycles. The number of carbonyl (C=O) groups excluding carboxylic acids is 2. The Morgan fingerprint density at radius 1 is 0.609 bits per heavy atom. The maximum Gasteiger partial charge on any atom is 0.326 e. The number of carbonyl (C=O) groups is 3. The monoisotopic (exact) mass is 651 g/mol. The van der Waals surface area contributed by atoms with Gasteiger partial charge in [-0.25, -0.2) is 4.79 Å². The van der Waals surface area contributed by atoms with Crippen molar-refractivity contribution in [3.8, 4) is 0 Å². The zero-order chi connectivity index (χ0) is 33.9. The minimum absolute atomic E-state index is 0.00799. The second kappa shape index (κ2) is 34.4. The van der Waals surface area contributed by atoms with E-state index in [1.54, 1.807) is 0 Å². The van der Waals surface area contributed by atoms with E-state index in [0.29, 0.717) is 32.2 Å². The second-order valence-corrected chi connectivity index (χ2v) is 13.3. The summed E-state index contributed by atoms with van der Waals surface area (Å²) < 4.78 is 5.93. The topological polar surface area (TPSA) is 119 Å². The van der Waals surface area contributed by atoms with Gasteiger partial charge in [-0.15, -0.1) is 0 Å². The molecule has 2 atom stereocenters. The van der Waals surface area contributed by atoms with E-state index in [0.717, 1.165) is 57.8 Å². The first-order valence-corrected chi connectivity index (χ1v) is 19.5. The lowest BCUT2D eigenvalue weighted by Gasteiger charge is -2.18. The number of esters is 1. The van der Waals surface area contributed by atoms with Crippen LogP contribution in [0.4, 0.5) is 0 Å². The molecule has 7 heteroatoms. The zero-order valence-electron chi connectivity index (χ0n) is 30.2. The number of amides is 1. The fraction of sp³-hybridized carbons (Fsp3) is 0.872. The van der Waals surface area contributed by atoms with Gasteiger partial charge in [-0.3, -0.25) is 9.59 Å². The quantitative estimate of drug-likeness (QED) is 0.0357. The first kappa shape index (κ1) is 44.1. The van der Waals surface area contributed by atoms with Crippen LogP contribution in [-0.2, 0) is 19.1 Å². The Morgan fingerprint density at radius 3 is 1.59 bits per heavy atom. The summed E-state index contributed by atoms with van der Waals surface area (Å²) in [6.07, 6.45) is 35.6. The number of nitrogens with one attached hydrogen (secondary N) is 1.